The summed E-state index contributed by atoms with van der Waals surface area (Å²) in [6.07, 6.45) is 0. The SMILES string of the molecule is O=C(OCc1nc(-c2ccccc2)no1)c1c(F)cccc1Cl. The lowest BCUT2D eigenvalue weighted by Gasteiger charge is -2.04. The van der Waals surface area contributed by atoms with Crippen LogP contribution in [0.4, 0.5) is 4.39 Å². The molecule has 7 heteroatoms. The Morgan fingerprint density at radius 3 is 2.70 bits per heavy atom. The molecule has 0 saturated carbocycles. The summed E-state index contributed by atoms with van der Waals surface area (Å²) in [5.41, 5.74) is 0.447. The standard InChI is InChI=1S/C16H10ClFN2O3/c17-11-7-4-8-12(18)14(11)16(21)22-9-13-19-15(20-23-13)10-5-2-1-3-6-10/h1-8H,9H2. The van der Waals surface area contributed by atoms with Crippen molar-refractivity contribution in [1.29, 1.82) is 0 Å². The third-order valence-corrected chi connectivity index (χ3v) is 3.31. The van der Waals surface area contributed by atoms with Crippen LogP contribution in [0.1, 0.15) is 16.2 Å². The number of benzene rings is 2. The number of ether oxygens (including phenoxy) is 1. The van der Waals surface area contributed by atoms with Crippen molar-refractivity contribution in [1.82, 2.24) is 10.1 Å². The van der Waals surface area contributed by atoms with Crippen LogP contribution < -0.4 is 0 Å². The summed E-state index contributed by atoms with van der Waals surface area (Å²) in [6, 6.07) is 13.1. The third-order valence-electron chi connectivity index (χ3n) is 2.99. The lowest BCUT2D eigenvalue weighted by atomic mass is 10.2. The molecule has 1 aromatic heterocycles. The number of rotatable bonds is 4. The first kappa shape index (κ1) is 15.2. The molecule has 1 heterocycles. The number of hydrogen-bond acceptors (Lipinski definition) is 5. The zero-order chi connectivity index (χ0) is 16.2. The molecule has 0 aliphatic carbocycles. The normalized spacial score (nSPS) is 10.5. The summed E-state index contributed by atoms with van der Waals surface area (Å²) in [5, 5.41) is 3.77. The van der Waals surface area contributed by atoms with Crippen molar-refractivity contribution in [2.45, 2.75) is 6.61 Å². The maximum Gasteiger partial charge on any atom is 0.343 e. The first-order chi connectivity index (χ1) is 11.1. The molecule has 23 heavy (non-hydrogen) atoms. The lowest BCUT2D eigenvalue weighted by molar-refractivity contribution is 0.0424. The van der Waals surface area contributed by atoms with Crippen molar-refractivity contribution in [3.05, 3.63) is 70.8 Å². The van der Waals surface area contributed by atoms with Gasteiger partial charge in [-0.3, -0.25) is 0 Å². The molecule has 5 nitrogen and oxygen atoms in total. The van der Waals surface area contributed by atoms with Gasteiger partial charge in [-0.1, -0.05) is 53.2 Å². The number of halogens is 2. The van der Waals surface area contributed by atoms with Crippen molar-refractivity contribution < 1.29 is 18.4 Å². The highest BCUT2D eigenvalue weighted by molar-refractivity contribution is 6.33. The van der Waals surface area contributed by atoms with Crippen molar-refractivity contribution in [3.8, 4) is 11.4 Å². The second-order valence-electron chi connectivity index (χ2n) is 4.55. The molecule has 0 radical (unpaired) electrons. The van der Waals surface area contributed by atoms with E-state index in [0.717, 1.165) is 11.6 Å². The molecule has 0 unspecified atom stereocenters. The van der Waals surface area contributed by atoms with Gasteiger partial charge in [0, 0.05) is 5.56 Å². The predicted octanol–water partition coefficient (Wildman–Crippen LogP) is 3.89. The van der Waals surface area contributed by atoms with Crippen LogP contribution in [0.25, 0.3) is 11.4 Å². The van der Waals surface area contributed by atoms with Gasteiger partial charge in [-0.15, -0.1) is 0 Å². The summed E-state index contributed by atoms with van der Waals surface area (Å²) >= 11 is 5.80. The third kappa shape index (κ3) is 3.37. The van der Waals surface area contributed by atoms with E-state index in [1.54, 1.807) is 0 Å². The van der Waals surface area contributed by atoms with Gasteiger partial charge in [-0.05, 0) is 12.1 Å². The van der Waals surface area contributed by atoms with Gasteiger partial charge in [-0.2, -0.15) is 4.98 Å². The zero-order valence-corrected chi connectivity index (χ0v) is 12.5. The van der Waals surface area contributed by atoms with E-state index in [9.17, 15) is 9.18 Å². The molecule has 3 rings (SSSR count). The first-order valence-electron chi connectivity index (χ1n) is 6.64. The maximum atomic E-state index is 13.6. The molecular weight excluding hydrogens is 323 g/mol. The highest BCUT2D eigenvalue weighted by atomic mass is 35.5. The zero-order valence-electron chi connectivity index (χ0n) is 11.7. The van der Waals surface area contributed by atoms with Crippen molar-refractivity contribution in [3.63, 3.8) is 0 Å². The minimum absolute atomic E-state index is 0.0227. The van der Waals surface area contributed by atoms with Crippen LogP contribution in [0.3, 0.4) is 0 Å². The molecule has 0 spiro atoms. The van der Waals surface area contributed by atoms with E-state index in [-0.39, 0.29) is 23.1 Å². The quantitative estimate of drug-likeness (QED) is 0.678. The van der Waals surface area contributed by atoms with E-state index < -0.39 is 11.8 Å². The Balaban J connectivity index is 1.70. The van der Waals surface area contributed by atoms with Gasteiger partial charge in [0.25, 0.3) is 5.89 Å². The molecule has 0 aliphatic rings. The van der Waals surface area contributed by atoms with E-state index in [1.165, 1.54) is 12.1 Å². The first-order valence-corrected chi connectivity index (χ1v) is 7.02. The molecule has 0 aliphatic heterocycles. The maximum absolute atomic E-state index is 13.6. The van der Waals surface area contributed by atoms with Gasteiger partial charge in [-0.25, -0.2) is 9.18 Å². The van der Waals surface area contributed by atoms with E-state index in [4.69, 9.17) is 20.9 Å². The highest BCUT2D eigenvalue weighted by Gasteiger charge is 2.18. The van der Waals surface area contributed by atoms with Crippen LogP contribution in [-0.2, 0) is 11.3 Å². The Morgan fingerprint density at radius 2 is 1.96 bits per heavy atom. The fourth-order valence-corrected chi connectivity index (χ4v) is 2.15. The molecule has 0 fully saturated rings. The Morgan fingerprint density at radius 1 is 1.17 bits per heavy atom. The minimum Gasteiger partial charge on any atom is -0.452 e. The second-order valence-corrected chi connectivity index (χ2v) is 4.96. The average Bonchev–Trinajstić information content (AvgIpc) is 3.02. The molecule has 2 aromatic carbocycles. The molecule has 0 bridgehead atoms. The van der Waals surface area contributed by atoms with Crippen molar-refractivity contribution in [2.24, 2.45) is 0 Å². The van der Waals surface area contributed by atoms with Gasteiger partial charge < -0.3 is 9.26 Å². The van der Waals surface area contributed by atoms with Crippen molar-refractivity contribution >= 4 is 17.6 Å². The Labute approximate surface area is 135 Å². The number of esters is 1. The van der Waals surface area contributed by atoms with E-state index in [0.29, 0.717) is 5.82 Å². The predicted molar refractivity (Wildman–Crippen MR) is 80.3 cm³/mol. The van der Waals surface area contributed by atoms with E-state index in [1.807, 2.05) is 30.3 Å². The van der Waals surface area contributed by atoms with Gasteiger partial charge in [0.2, 0.25) is 5.82 Å². The number of carbonyl (C=O) groups is 1. The van der Waals surface area contributed by atoms with Crippen LogP contribution in [0.2, 0.25) is 5.02 Å². The minimum atomic E-state index is -0.896. The number of aromatic nitrogens is 2. The van der Waals surface area contributed by atoms with Crippen LogP contribution in [-0.4, -0.2) is 16.1 Å². The van der Waals surface area contributed by atoms with Gasteiger partial charge in [0.1, 0.15) is 11.4 Å². The fourth-order valence-electron chi connectivity index (χ4n) is 1.91. The van der Waals surface area contributed by atoms with E-state index >= 15 is 0 Å². The van der Waals surface area contributed by atoms with E-state index in [2.05, 4.69) is 10.1 Å². The number of carbonyl (C=O) groups excluding carboxylic acids is 1. The summed E-state index contributed by atoms with van der Waals surface area (Å²) in [6.45, 7) is -0.274. The smallest absolute Gasteiger partial charge is 0.343 e. The average molecular weight is 333 g/mol. The molecule has 0 atom stereocenters. The van der Waals surface area contributed by atoms with Crippen LogP contribution in [0.15, 0.2) is 53.1 Å². The number of hydrogen-bond donors (Lipinski definition) is 0. The second kappa shape index (κ2) is 6.58. The largest absolute Gasteiger partial charge is 0.452 e. The van der Waals surface area contributed by atoms with Gasteiger partial charge in [0.15, 0.2) is 6.61 Å². The Kier molecular flexibility index (Phi) is 4.34. The summed E-state index contributed by atoms with van der Waals surface area (Å²) in [5.74, 6) is -1.17. The number of nitrogens with zero attached hydrogens (tertiary/aromatic N) is 2. The topological polar surface area (TPSA) is 65.2 Å². The van der Waals surface area contributed by atoms with Gasteiger partial charge >= 0.3 is 5.97 Å². The molecule has 0 saturated heterocycles. The molecule has 0 amide bonds. The molecule has 0 N–H and O–H groups in total. The van der Waals surface area contributed by atoms with Crippen LogP contribution in [0, 0.1) is 5.82 Å². The fraction of sp³-hybridized carbons (Fsp3) is 0.0625. The van der Waals surface area contributed by atoms with Crippen LogP contribution in [0.5, 0.6) is 0 Å². The Bertz CT molecular complexity index is 816. The van der Waals surface area contributed by atoms with Gasteiger partial charge in [0.05, 0.1) is 5.02 Å². The Hall–Kier alpha value is -2.73. The van der Waals surface area contributed by atoms with Crippen molar-refractivity contribution in [2.75, 3.05) is 0 Å². The molecule has 3 aromatic rings. The summed E-state index contributed by atoms with van der Waals surface area (Å²) in [7, 11) is 0. The summed E-state index contributed by atoms with van der Waals surface area (Å²) < 4.78 is 23.6. The monoisotopic (exact) mass is 332 g/mol. The molecule has 116 valence electrons. The highest BCUT2D eigenvalue weighted by Crippen LogP contribution is 2.21. The molecular formula is C16H10ClFN2O3. The summed E-state index contributed by atoms with van der Waals surface area (Å²) in [4.78, 5) is 16.0. The van der Waals surface area contributed by atoms with Crippen LogP contribution >= 0.6 is 11.6 Å². The lowest BCUT2D eigenvalue weighted by Crippen LogP contribution is -2.08.